The molecule has 13 heteroatoms. The molecule has 0 spiro atoms. The van der Waals surface area contributed by atoms with Crippen LogP contribution >= 0.6 is 7.82 Å². The van der Waals surface area contributed by atoms with Crippen LogP contribution in [0.2, 0.25) is 0 Å². The largest absolute Gasteiger partial charge is 0.480 e. The summed E-state index contributed by atoms with van der Waals surface area (Å²) in [5.41, 5.74) is 5.31. The summed E-state index contributed by atoms with van der Waals surface area (Å²) in [5, 5.41) is 8.86. The van der Waals surface area contributed by atoms with Gasteiger partial charge in [-0.2, -0.15) is 0 Å². The third kappa shape index (κ3) is 35.1. The zero-order chi connectivity index (χ0) is 39.4. The number of carbonyl (C=O) groups is 4. The zero-order valence-electron chi connectivity index (χ0n) is 32.9. The number of carbonyl (C=O) groups excluding carboxylic acids is 3. The Morgan fingerprint density at radius 1 is 0.623 bits per heavy atom. The predicted octanol–water partition coefficient (Wildman–Crippen LogP) is 9.46. The minimum Gasteiger partial charge on any atom is -0.480 e. The van der Waals surface area contributed by atoms with E-state index in [9.17, 15) is 28.6 Å². The van der Waals surface area contributed by atoms with E-state index in [0.29, 0.717) is 19.3 Å². The number of esters is 2. The molecule has 1 unspecified atom stereocenters. The van der Waals surface area contributed by atoms with Crippen LogP contribution in [0, 0.1) is 0 Å². The van der Waals surface area contributed by atoms with Crippen molar-refractivity contribution in [2.45, 2.75) is 187 Å². The second-order valence-corrected chi connectivity index (χ2v) is 15.3. The molecule has 0 amide bonds. The van der Waals surface area contributed by atoms with Gasteiger partial charge in [-0.15, -0.1) is 0 Å². The van der Waals surface area contributed by atoms with Gasteiger partial charge < -0.3 is 25.2 Å². The first-order valence-corrected chi connectivity index (χ1v) is 21.8. The lowest BCUT2D eigenvalue weighted by Crippen LogP contribution is -2.34. The molecule has 0 fully saturated rings. The number of nitrogens with two attached hydrogens (primary N) is 1. The highest BCUT2D eigenvalue weighted by Gasteiger charge is 2.28. The SMILES string of the molecule is CCCCCCCCCCCCCCCC(=O)OC[C@H](COP(=O)(O)OC[C@H](N)C(=O)O)OC(=O)CCCCCCC/C=C\C=C\C(=O)CCCCC. The molecular formula is C40H72NO11P. The van der Waals surface area contributed by atoms with E-state index in [-0.39, 0.29) is 25.2 Å². The smallest absolute Gasteiger partial charge is 0.472 e. The monoisotopic (exact) mass is 773 g/mol. The Labute approximate surface area is 319 Å². The molecule has 3 atom stereocenters. The molecule has 0 rings (SSSR count). The van der Waals surface area contributed by atoms with E-state index in [1.54, 1.807) is 12.2 Å². The van der Waals surface area contributed by atoms with Crippen molar-refractivity contribution >= 4 is 31.5 Å². The predicted molar refractivity (Wildman–Crippen MR) is 208 cm³/mol. The number of aliphatic carboxylic acids is 1. The molecule has 53 heavy (non-hydrogen) atoms. The van der Waals surface area contributed by atoms with Crippen LogP contribution in [-0.2, 0) is 42.3 Å². The van der Waals surface area contributed by atoms with E-state index in [4.69, 9.17) is 24.8 Å². The van der Waals surface area contributed by atoms with Crippen molar-refractivity contribution in [1.29, 1.82) is 0 Å². The zero-order valence-corrected chi connectivity index (χ0v) is 33.8. The molecule has 12 nitrogen and oxygen atoms in total. The van der Waals surface area contributed by atoms with E-state index in [1.807, 2.05) is 12.2 Å². The Hall–Kier alpha value is -2.37. The fourth-order valence-electron chi connectivity index (χ4n) is 5.40. The summed E-state index contributed by atoms with van der Waals surface area (Å²) in [4.78, 5) is 57.5. The standard InChI is InChI=1S/C40H72NO11P/c1-3-5-7-8-9-10-11-12-13-16-19-22-26-30-38(43)49-32-36(33-50-53(47,48)51-34-37(41)40(45)46)52-39(44)31-27-23-20-17-14-15-18-21-25-29-35(42)28-24-6-4-2/h18,21,25,29,36-37H,3-17,19-20,22-24,26-28,30-34,41H2,1-2H3,(H,45,46)(H,47,48)/b21-18-,29-25+/t36-,37+/m1/s1. The Morgan fingerprint density at radius 3 is 1.66 bits per heavy atom. The van der Waals surface area contributed by atoms with Crippen molar-refractivity contribution in [2.75, 3.05) is 19.8 Å². The Balaban J connectivity index is 4.47. The van der Waals surface area contributed by atoms with Crippen molar-refractivity contribution in [3.63, 3.8) is 0 Å². The topological polar surface area (TPSA) is 189 Å². The van der Waals surface area contributed by atoms with Gasteiger partial charge in [0.1, 0.15) is 12.6 Å². The molecule has 308 valence electrons. The lowest BCUT2D eigenvalue weighted by atomic mass is 10.0. The van der Waals surface area contributed by atoms with Gasteiger partial charge in [0, 0.05) is 19.3 Å². The van der Waals surface area contributed by atoms with Crippen molar-refractivity contribution in [1.82, 2.24) is 0 Å². The van der Waals surface area contributed by atoms with Gasteiger partial charge >= 0.3 is 25.7 Å². The van der Waals surface area contributed by atoms with E-state index < -0.39 is 51.1 Å². The number of unbranched alkanes of at least 4 members (excludes halogenated alkanes) is 19. The van der Waals surface area contributed by atoms with Crippen LogP contribution in [0.1, 0.15) is 174 Å². The average Bonchev–Trinajstić information content (AvgIpc) is 3.12. The molecule has 4 N–H and O–H groups in total. The summed E-state index contributed by atoms with van der Waals surface area (Å²) in [6, 6.07) is -1.53. The molecule has 0 saturated heterocycles. The van der Waals surface area contributed by atoms with E-state index >= 15 is 0 Å². The number of ketones is 1. The molecule has 0 bridgehead atoms. The molecule has 0 saturated carbocycles. The third-order valence-electron chi connectivity index (χ3n) is 8.68. The number of allylic oxidation sites excluding steroid dienone is 4. The number of hydrogen-bond donors (Lipinski definition) is 3. The number of carboxylic acid groups (broad SMARTS) is 1. The summed E-state index contributed by atoms with van der Waals surface area (Å²) in [6.07, 6.45) is 30.8. The summed E-state index contributed by atoms with van der Waals surface area (Å²) >= 11 is 0. The lowest BCUT2D eigenvalue weighted by Gasteiger charge is -2.20. The van der Waals surface area contributed by atoms with Gasteiger partial charge in [-0.3, -0.25) is 28.2 Å². The second kappa shape index (κ2) is 35.3. The molecule has 0 aliphatic carbocycles. The van der Waals surface area contributed by atoms with Crippen LogP contribution in [-0.4, -0.2) is 65.7 Å². The summed E-state index contributed by atoms with van der Waals surface area (Å²) in [5.74, 6) is -2.29. The number of phosphoric ester groups is 1. The van der Waals surface area contributed by atoms with Crippen LogP contribution in [0.25, 0.3) is 0 Å². The van der Waals surface area contributed by atoms with Crippen LogP contribution in [0.15, 0.2) is 24.3 Å². The van der Waals surface area contributed by atoms with Crippen LogP contribution in [0.3, 0.4) is 0 Å². The maximum Gasteiger partial charge on any atom is 0.472 e. The molecule has 0 radical (unpaired) electrons. The van der Waals surface area contributed by atoms with Gasteiger partial charge in [-0.05, 0) is 38.2 Å². The average molecular weight is 774 g/mol. The van der Waals surface area contributed by atoms with Gasteiger partial charge in [0.2, 0.25) is 0 Å². The highest BCUT2D eigenvalue weighted by molar-refractivity contribution is 7.47. The van der Waals surface area contributed by atoms with Gasteiger partial charge in [0.15, 0.2) is 11.9 Å². The van der Waals surface area contributed by atoms with Crippen LogP contribution in [0.4, 0.5) is 0 Å². The number of ether oxygens (including phenoxy) is 2. The Morgan fingerprint density at radius 2 is 1.09 bits per heavy atom. The van der Waals surface area contributed by atoms with E-state index in [0.717, 1.165) is 70.6 Å². The van der Waals surface area contributed by atoms with Crippen molar-refractivity contribution < 1.29 is 52.3 Å². The maximum atomic E-state index is 12.6. The number of rotatable bonds is 38. The highest BCUT2D eigenvalue weighted by atomic mass is 31.2. The molecule has 0 heterocycles. The normalized spacial score (nSPS) is 14.0. The van der Waals surface area contributed by atoms with Crippen LogP contribution < -0.4 is 5.73 Å². The summed E-state index contributed by atoms with van der Waals surface area (Å²) in [6.45, 7) is 2.60. The highest BCUT2D eigenvalue weighted by Crippen LogP contribution is 2.43. The van der Waals surface area contributed by atoms with E-state index in [1.165, 1.54) is 57.8 Å². The van der Waals surface area contributed by atoms with Gasteiger partial charge in [-0.25, -0.2) is 4.57 Å². The summed E-state index contributed by atoms with van der Waals surface area (Å²) in [7, 11) is -4.73. The first-order chi connectivity index (χ1) is 25.5. The second-order valence-electron chi connectivity index (χ2n) is 13.8. The molecule has 0 aliphatic rings. The Kier molecular flexibility index (Phi) is 33.8. The van der Waals surface area contributed by atoms with Gasteiger partial charge in [-0.1, -0.05) is 141 Å². The lowest BCUT2D eigenvalue weighted by molar-refractivity contribution is -0.161. The molecule has 0 aromatic rings. The fraction of sp³-hybridized carbons (Fsp3) is 0.800. The number of carboxylic acids is 1. The van der Waals surface area contributed by atoms with E-state index in [2.05, 4.69) is 18.4 Å². The molecule has 0 aromatic carbocycles. The van der Waals surface area contributed by atoms with Gasteiger partial charge in [0.05, 0.1) is 13.2 Å². The first kappa shape index (κ1) is 50.6. The molecular weight excluding hydrogens is 701 g/mol. The van der Waals surface area contributed by atoms with Crippen molar-refractivity contribution in [3.8, 4) is 0 Å². The molecule has 0 aromatic heterocycles. The number of phosphoric acid groups is 1. The quantitative estimate of drug-likeness (QED) is 0.0177. The van der Waals surface area contributed by atoms with Gasteiger partial charge in [0.25, 0.3) is 0 Å². The van der Waals surface area contributed by atoms with Crippen LogP contribution in [0.5, 0.6) is 0 Å². The minimum absolute atomic E-state index is 0.112. The molecule has 0 aliphatic heterocycles. The maximum absolute atomic E-state index is 12.6. The Bertz CT molecular complexity index is 1070. The third-order valence-corrected chi connectivity index (χ3v) is 9.63. The van der Waals surface area contributed by atoms with Crippen molar-refractivity contribution in [3.05, 3.63) is 24.3 Å². The minimum atomic E-state index is -4.73. The summed E-state index contributed by atoms with van der Waals surface area (Å²) < 4.78 is 32.5. The first-order valence-electron chi connectivity index (χ1n) is 20.3. The fourth-order valence-corrected chi connectivity index (χ4v) is 6.18. The number of hydrogen-bond acceptors (Lipinski definition) is 10. The van der Waals surface area contributed by atoms with Crippen molar-refractivity contribution in [2.24, 2.45) is 5.73 Å².